The van der Waals surface area contributed by atoms with Crippen LogP contribution in [0.2, 0.25) is 0 Å². The Bertz CT molecular complexity index is 1040. The van der Waals surface area contributed by atoms with Crippen molar-refractivity contribution in [3.05, 3.63) is 46.3 Å². The van der Waals surface area contributed by atoms with E-state index in [0.29, 0.717) is 25.1 Å². The lowest BCUT2D eigenvalue weighted by atomic mass is 9.99. The van der Waals surface area contributed by atoms with Crippen LogP contribution in [0.1, 0.15) is 41.0 Å². The van der Waals surface area contributed by atoms with E-state index in [2.05, 4.69) is 10.5 Å². The lowest BCUT2D eigenvalue weighted by Crippen LogP contribution is -2.44. The summed E-state index contributed by atoms with van der Waals surface area (Å²) < 4.78 is 33.4. The highest BCUT2D eigenvalue weighted by Crippen LogP contribution is 2.29. The van der Waals surface area contributed by atoms with Crippen molar-refractivity contribution in [2.24, 2.45) is 5.92 Å². The van der Waals surface area contributed by atoms with Gasteiger partial charge < -0.3 is 9.84 Å². The lowest BCUT2D eigenvalue weighted by molar-refractivity contribution is -0.125. The van der Waals surface area contributed by atoms with Crippen molar-refractivity contribution in [3.63, 3.8) is 0 Å². The van der Waals surface area contributed by atoms with E-state index in [0.717, 1.165) is 16.7 Å². The Hall–Kier alpha value is -2.45. The van der Waals surface area contributed by atoms with Crippen molar-refractivity contribution < 1.29 is 17.7 Å². The summed E-state index contributed by atoms with van der Waals surface area (Å²) in [5, 5.41) is 6.50. The second-order valence-electron chi connectivity index (χ2n) is 7.47. The van der Waals surface area contributed by atoms with E-state index in [1.54, 1.807) is 20.0 Å². The third kappa shape index (κ3) is 4.43. The Morgan fingerprint density at radius 1 is 1.28 bits per heavy atom. The highest BCUT2D eigenvalue weighted by Gasteiger charge is 2.36. The average molecular weight is 418 g/mol. The van der Waals surface area contributed by atoms with Crippen LogP contribution in [0.25, 0.3) is 12.2 Å². The van der Waals surface area contributed by atoms with Crippen molar-refractivity contribution in [2.75, 3.05) is 20.1 Å². The summed E-state index contributed by atoms with van der Waals surface area (Å²) in [7, 11) is -2.27. The Balaban J connectivity index is 1.93. The van der Waals surface area contributed by atoms with Gasteiger partial charge in [-0.25, -0.2) is 8.42 Å². The van der Waals surface area contributed by atoms with Gasteiger partial charge in [-0.05, 0) is 50.8 Å². The topological polar surface area (TPSA) is 92.5 Å². The smallest absolute Gasteiger partial charge is 0.248 e. The minimum Gasteiger partial charge on any atom is -0.359 e. The van der Waals surface area contributed by atoms with Crippen LogP contribution >= 0.6 is 0 Å². The zero-order chi connectivity index (χ0) is 21.2. The van der Waals surface area contributed by atoms with E-state index in [9.17, 15) is 13.2 Å². The fourth-order valence-corrected chi connectivity index (χ4v) is 5.39. The molecule has 1 atom stereocenters. The average Bonchev–Trinajstić information content (AvgIpc) is 3.09. The van der Waals surface area contributed by atoms with Gasteiger partial charge >= 0.3 is 0 Å². The first kappa shape index (κ1) is 21.3. The number of rotatable bonds is 5. The first-order valence-corrected chi connectivity index (χ1v) is 11.1. The van der Waals surface area contributed by atoms with Gasteiger partial charge in [0.1, 0.15) is 5.69 Å². The number of piperidine rings is 1. The summed E-state index contributed by atoms with van der Waals surface area (Å²) in [5.41, 5.74) is 3.50. The van der Waals surface area contributed by atoms with Crippen LogP contribution in [0.3, 0.4) is 0 Å². The highest BCUT2D eigenvalue weighted by molar-refractivity contribution is 7.89. The molecule has 0 saturated carbocycles. The summed E-state index contributed by atoms with van der Waals surface area (Å²) in [6.45, 7) is 6.15. The molecule has 0 bridgehead atoms. The van der Waals surface area contributed by atoms with E-state index >= 15 is 0 Å². The number of nitrogens with one attached hydrogen (secondary N) is 1. The molecule has 1 saturated heterocycles. The number of hydrogen-bond donors (Lipinski definition) is 1. The zero-order valence-corrected chi connectivity index (χ0v) is 18.0. The van der Waals surface area contributed by atoms with Crippen molar-refractivity contribution >= 4 is 28.1 Å². The van der Waals surface area contributed by atoms with Gasteiger partial charge in [-0.3, -0.25) is 4.79 Å². The Kier molecular flexibility index (Phi) is 6.24. The lowest BCUT2D eigenvalue weighted by Gasteiger charge is -2.30. The fraction of sp³-hybridized carbons (Fsp3) is 0.429. The monoisotopic (exact) mass is 417 g/mol. The van der Waals surface area contributed by atoms with E-state index in [-0.39, 0.29) is 29.0 Å². The standard InChI is InChI=1S/C21H27N3O4S/c1-14-7-8-15(2)17(12-14)9-10-19-20(16(3)23-28-19)29(26,27)24-11-5-6-18(13-24)21(25)22-4/h7-10,12,18H,5-6,11,13H2,1-4H3,(H,22,25)/b10-9+. The van der Waals surface area contributed by atoms with Crippen LogP contribution < -0.4 is 5.32 Å². The molecule has 1 aromatic heterocycles. The number of hydrogen-bond acceptors (Lipinski definition) is 5. The number of benzene rings is 1. The largest absolute Gasteiger partial charge is 0.359 e. The Morgan fingerprint density at radius 2 is 2.03 bits per heavy atom. The summed E-state index contributed by atoms with van der Waals surface area (Å²) >= 11 is 0. The molecule has 1 aromatic carbocycles. The zero-order valence-electron chi connectivity index (χ0n) is 17.2. The van der Waals surface area contributed by atoms with E-state index in [1.165, 1.54) is 4.31 Å². The molecule has 2 aromatic rings. The molecule has 3 rings (SSSR count). The first-order valence-electron chi connectivity index (χ1n) is 9.67. The van der Waals surface area contributed by atoms with Gasteiger partial charge in [0.15, 0.2) is 10.7 Å². The molecule has 1 aliphatic heterocycles. The van der Waals surface area contributed by atoms with Crippen molar-refractivity contribution in [1.29, 1.82) is 0 Å². The fourth-order valence-electron chi connectivity index (χ4n) is 3.61. The quantitative estimate of drug-likeness (QED) is 0.807. The minimum absolute atomic E-state index is 0.0663. The van der Waals surface area contributed by atoms with Crippen molar-refractivity contribution in [1.82, 2.24) is 14.8 Å². The molecule has 2 heterocycles. The predicted molar refractivity (Wildman–Crippen MR) is 112 cm³/mol. The predicted octanol–water partition coefficient (Wildman–Crippen LogP) is 2.92. The molecule has 1 amide bonds. The summed E-state index contributed by atoms with van der Waals surface area (Å²) in [6.07, 6.45) is 4.79. The van der Waals surface area contributed by atoms with Gasteiger partial charge in [0, 0.05) is 20.1 Å². The molecule has 29 heavy (non-hydrogen) atoms. The second-order valence-corrected chi connectivity index (χ2v) is 9.35. The maximum Gasteiger partial charge on any atom is 0.248 e. The van der Waals surface area contributed by atoms with Crippen molar-refractivity contribution in [2.45, 2.75) is 38.5 Å². The van der Waals surface area contributed by atoms with Crippen LogP contribution in [-0.2, 0) is 14.8 Å². The first-order chi connectivity index (χ1) is 13.7. The normalized spacial score (nSPS) is 18.3. The summed E-state index contributed by atoms with van der Waals surface area (Å²) in [6, 6.07) is 6.08. The molecule has 8 heteroatoms. The van der Waals surface area contributed by atoms with Crippen LogP contribution in [0, 0.1) is 26.7 Å². The number of sulfonamides is 1. The molecule has 1 fully saturated rings. The van der Waals surface area contributed by atoms with Gasteiger partial charge in [0.05, 0.1) is 5.92 Å². The van der Waals surface area contributed by atoms with Gasteiger partial charge in [-0.1, -0.05) is 35.0 Å². The number of aromatic nitrogens is 1. The van der Waals surface area contributed by atoms with Crippen LogP contribution in [0.5, 0.6) is 0 Å². The maximum absolute atomic E-state index is 13.3. The Labute approximate surface area is 171 Å². The van der Waals surface area contributed by atoms with Gasteiger partial charge in [0.2, 0.25) is 15.9 Å². The summed E-state index contributed by atoms with van der Waals surface area (Å²) in [5.74, 6) is -0.287. The number of nitrogens with zero attached hydrogens (tertiary/aromatic N) is 2. The van der Waals surface area contributed by atoms with Gasteiger partial charge in [-0.15, -0.1) is 0 Å². The molecule has 7 nitrogen and oxygen atoms in total. The third-order valence-corrected chi connectivity index (χ3v) is 7.31. The third-order valence-electron chi connectivity index (χ3n) is 5.28. The van der Waals surface area contributed by atoms with E-state index in [4.69, 9.17) is 4.52 Å². The number of carbonyl (C=O) groups is 1. The number of carbonyl (C=O) groups excluding carboxylic acids is 1. The SMILES string of the molecule is CNC(=O)C1CCCN(S(=O)(=O)c2c(C)noc2/C=C/c2cc(C)ccc2C)C1. The van der Waals surface area contributed by atoms with Crippen LogP contribution in [0.4, 0.5) is 0 Å². The molecular weight excluding hydrogens is 390 g/mol. The van der Waals surface area contributed by atoms with Gasteiger partial charge in [-0.2, -0.15) is 4.31 Å². The molecule has 0 radical (unpaired) electrons. The molecule has 1 unspecified atom stereocenters. The van der Waals surface area contributed by atoms with Crippen LogP contribution in [-0.4, -0.2) is 43.9 Å². The van der Waals surface area contributed by atoms with E-state index < -0.39 is 10.0 Å². The molecule has 1 aliphatic rings. The van der Waals surface area contributed by atoms with Gasteiger partial charge in [0.25, 0.3) is 0 Å². The molecule has 0 spiro atoms. The maximum atomic E-state index is 13.3. The van der Waals surface area contributed by atoms with Crippen molar-refractivity contribution in [3.8, 4) is 0 Å². The number of amides is 1. The summed E-state index contributed by atoms with van der Waals surface area (Å²) in [4.78, 5) is 12.1. The van der Waals surface area contributed by atoms with Crippen LogP contribution in [0.15, 0.2) is 27.6 Å². The number of aryl methyl sites for hydroxylation is 3. The molecule has 1 N–H and O–H groups in total. The Morgan fingerprint density at radius 3 is 2.76 bits per heavy atom. The molecular formula is C21H27N3O4S. The molecule has 156 valence electrons. The minimum atomic E-state index is -3.83. The second kappa shape index (κ2) is 8.51. The molecule has 0 aliphatic carbocycles. The van der Waals surface area contributed by atoms with E-state index in [1.807, 2.05) is 38.1 Å². The highest BCUT2D eigenvalue weighted by atomic mass is 32.2.